The van der Waals surface area contributed by atoms with Gasteiger partial charge in [-0.15, -0.1) is 0 Å². The van der Waals surface area contributed by atoms with Crippen molar-refractivity contribution in [3.05, 3.63) is 41.3 Å². The zero-order chi connectivity index (χ0) is 15.5. The predicted octanol–water partition coefficient (Wildman–Crippen LogP) is 1.36. The van der Waals surface area contributed by atoms with E-state index < -0.39 is 15.8 Å². The lowest BCUT2D eigenvalue weighted by Crippen LogP contribution is -2.17. The quantitative estimate of drug-likeness (QED) is 0.848. The van der Waals surface area contributed by atoms with Gasteiger partial charge in [0.2, 0.25) is 5.91 Å². The Kier molecular flexibility index (Phi) is 4.42. The van der Waals surface area contributed by atoms with E-state index in [1.807, 2.05) is 0 Å². The first-order valence-electron chi connectivity index (χ1n) is 6.29. The Morgan fingerprint density at radius 3 is 2.48 bits per heavy atom. The zero-order valence-electron chi connectivity index (χ0n) is 11.4. The van der Waals surface area contributed by atoms with E-state index in [0.29, 0.717) is 11.3 Å². The Labute approximate surface area is 122 Å². The molecule has 0 bridgehead atoms. The molecule has 2 rings (SSSR count). The van der Waals surface area contributed by atoms with Gasteiger partial charge in [0.15, 0.2) is 9.84 Å². The van der Waals surface area contributed by atoms with E-state index >= 15 is 0 Å². The first-order valence-corrected chi connectivity index (χ1v) is 8.00. The third kappa shape index (κ3) is 4.16. The summed E-state index contributed by atoms with van der Waals surface area (Å²) in [5.41, 5.74) is 0.929. The number of carbonyl (C=O) groups excluding carboxylic acids is 2. The van der Waals surface area contributed by atoms with Gasteiger partial charge >= 0.3 is 5.97 Å². The fourth-order valence-corrected chi connectivity index (χ4v) is 3.42. The maximum atomic E-state index is 11.8. The molecule has 1 aliphatic rings. The summed E-state index contributed by atoms with van der Waals surface area (Å²) in [4.78, 5) is 23.1. The molecule has 0 spiro atoms. The highest BCUT2D eigenvalue weighted by Crippen LogP contribution is 2.19. The molecule has 112 valence electrons. The standard InChI is InChI=1S/C14H15NO5S/c1-20-14(17)11-2-4-12(5-3-11)15-13(16)8-10-6-7-21(18,19)9-10/h2-7,10H,8-9H2,1H3,(H,15,16)/t10-/m1/s1. The normalized spacial score (nSPS) is 19.2. The molecular formula is C14H15NO5S. The fraction of sp³-hybridized carbons (Fsp3) is 0.286. The highest BCUT2D eigenvalue weighted by Gasteiger charge is 2.23. The average Bonchev–Trinajstić information content (AvgIpc) is 2.77. The summed E-state index contributed by atoms with van der Waals surface area (Å²) in [7, 11) is -1.85. The van der Waals surface area contributed by atoms with E-state index in [1.165, 1.54) is 13.2 Å². The van der Waals surface area contributed by atoms with Crippen molar-refractivity contribution in [1.29, 1.82) is 0 Å². The van der Waals surface area contributed by atoms with Gasteiger partial charge in [0.05, 0.1) is 18.4 Å². The third-order valence-corrected chi connectivity index (χ3v) is 4.51. The monoisotopic (exact) mass is 309 g/mol. The molecule has 1 N–H and O–H groups in total. The van der Waals surface area contributed by atoms with Gasteiger partial charge in [0.1, 0.15) is 0 Å². The summed E-state index contributed by atoms with van der Waals surface area (Å²) in [5.74, 6) is -1.03. The number of anilines is 1. The van der Waals surface area contributed by atoms with Crippen LogP contribution in [0.15, 0.2) is 35.7 Å². The maximum absolute atomic E-state index is 11.8. The van der Waals surface area contributed by atoms with Crippen LogP contribution in [0.5, 0.6) is 0 Å². The zero-order valence-corrected chi connectivity index (χ0v) is 12.2. The van der Waals surface area contributed by atoms with Gasteiger partial charge < -0.3 is 10.1 Å². The number of carbonyl (C=O) groups is 2. The van der Waals surface area contributed by atoms with Gasteiger partial charge in [-0.1, -0.05) is 6.08 Å². The Balaban J connectivity index is 1.91. The van der Waals surface area contributed by atoms with Gasteiger partial charge in [-0.3, -0.25) is 4.79 Å². The number of allylic oxidation sites excluding steroid dienone is 1. The number of rotatable bonds is 4. The number of ether oxygens (including phenoxy) is 1. The Hall–Kier alpha value is -2.15. The Bertz CT molecular complexity index is 676. The van der Waals surface area contributed by atoms with Crippen LogP contribution in [0.4, 0.5) is 5.69 Å². The number of amides is 1. The maximum Gasteiger partial charge on any atom is 0.337 e. The number of hydrogen-bond acceptors (Lipinski definition) is 5. The number of nitrogens with one attached hydrogen (secondary N) is 1. The smallest absolute Gasteiger partial charge is 0.337 e. The molecule has 1 aromatic rings. The number of sulfone groups is 1. The van der Waals surface area contributed by atoms with Crippen molar-refractivity contribution in [3.8, 4) is 0 Å². The molecule has 0 unspecified atom stereocenters. The summed E-state index contributed by atoms with van der Waals surface area (Å²) >= 11 is 0. The minimum atomic E-state index is -3.14. The number of esters is 1. The van der Waals surface area contributed by atoms with Crippen LogP contribution in [-0.2, 0) is 19.4 Å². The van der Waals surface area contributed by atoms with Crippen molar-refractivity contribution in [2.75, 3.05) is 18.2 Å². The summed E-state index contributed by atoms with van der Waals surface area (Å²) in [6.45, 7) is 0. The molecule has 0 radical (unpaired) electrons. The van der Waals surface area contributed by atoms with Crippen molar-refractivity contribution < 1.29 is 22.7 Å². The largest absolute Gasteiger partial charge is 0.465 e. The van der Waals surface area contributed by atoms with E-state index in [2.05, 4.69) is 10.1 Å². The second-order valence-corrected chi connectivity index (χ2v) is 6.67. The lowest BCUT2D eigenvalue weighted by molar-refractivity contribution is -0.116. The van der Waals surface area contributed by atoms with Gasteiger partial charge in [0.25, 0.3) is 0 Å². The van der Waals surface area contributed by atoms with Crippen molar-refractivity contribution in [3.63, 3.8) is 0 Å². The van der Waals surface area contributed by atoms with Crippen molar-refractivity contribution in [2.45, 2.75) is 6.42 Å². The molecule has 1 amide bonds. The molecule has 0 aliphatic carbocycles. The molecule has 0 saturated carbocycles. The summed E-state index contributed by atoms with van der Waals surface area (Å²) in [5, 5.41) is 3.81. The molecule has 1 heterocycles. The van der Waals surface area contributed by atoms with Crippen LogP contribution in [0.2, 0.25) is 0 Å². The van der Waals surface area contributed by atoms with Crippen LogP contribution in [0.25, 0.3) is 0 Å². The molecule has 21 heavy (non-hydrogen) atoms. The molecule has 7 heteroatoms. The summed E-state index contributed by atoms with van der Waals surface area (Å²) in [6.07, 6.45) is 1.64. The second-order valence-electron chi connectivity index (χ2n) is 4.74. The SMILES string of the molecule is COC(=O)c1ccc(NC(=O)C[C@H]2C=CS(=O)(=O)C2)cc1. The number of hydrogen-bond donors (Lipinski definition) is 1. The van der Waals surface area contributed by atoms with Crippen LogP contribution >= 0.6 is 0 Å². The van der Waals surface area contributed by atoms with Crippen LogP contribution < -0.4 is 5.32 Å². The highest BCUT2D eigenvalue weighted by atomic mass is 32.2. The van der Waals surface area contributed by atoms with Crippen LogP contribution in [0, 0.1) is 5.92 Å². The molecule has 0 fully saturated rings. The van der Waals surface area contributed by atoms with Gasteiger partial charge in [-0.25, -0.2) is 13.2 Å². The van der Waals surface area contributed by atoms with Crippen LogP contribution in [-0.4, -0.2) is 33.2 Å². The predicted molar refractivity (Wildman–Crippen MR) is 77.4 cm³/mol. The van der Waals surface area contributed by atoms with Gasteiger partial charge in [-0.2, -0.15) is 0 Å². The number of methoxy groups -OCH3 is 1. The minimum absolute atomic E-state index is 0.0261. The molecule has 1 aliphatic heterocycles. The lowest BCUT2D eigenvalue weighted by atomic mass is 10.1. The molecule has 0 aromatic heterocycles. The Morgan fingerprint density at radius 2 is 1.95 bits per heavy atom. The summed E-state index contributed by atoms with van der Waals surface area (Å²) < 4.78 is 27.1. The minimum Gasteiger partial charge on any atom is -0.465 e. The lowest BCUT2D eigenvalue weighted by Gasteiger charge is -2.08. The third-order valence-electron chi connectivity index (χ3n) is 3.04. The van der Waals surface area contributed by atoms with Gasteiger partial charge in [0, 0.05) is 23.4 Å². The van der Waals surface area contributed by atoms with E-state index in [0.717, 1.165) is 5.41 Å². The molecule has 1 aromatic carbocycles. The molecule has 0 saturated heterocycles. The number of benzene rings is 1. The van der Waals surface area contributed by atoms with Gasteiger partial charge in [-0.05, 0) is 24.3 Å². The van der Waals surface area contributed by atoms with Crippen molar-refractivity contribution in [2.24, 2.45) is 5.92 Å². The first-order chi connectivity index (χ1) is 9.89. The molecular weight excluding hydrogens is 294 g/mol. The van der Waals surface area contributed by atoms with E-state index in [4.69, 9.17) is 0 Å². The topological polar surface area (TPSA) is 89.5 Å². The average molecular weight is 309 g/mol. The second kappa shape index (κ2) is 6.09. The highest BCUT2D eigenvalue weighted by molar-refractivity contribution is 7.94. The first kappa shape index (κ1) is 15.2. The van der Waals surface area contributed by atoms with Crippen LogP contribution in [0.1, 0.15) is 16.8 Å². The molecule has 6 nitrogen and oxygen atoms in total. The van der Waals surface area contributed by atoms with Crippen LogP contribution in [0.3, 0.4) is 0 Å². The molecule has 1 atom stereocenters. The fourth-order valence-electron chi connectivity index (χ4n) is 2.02. The Morgan fingerprint density at radius 1 is 1.29 bits per heavy atom. The van der Waals surface area contributed by atoms with E-state index in [-0.39, 0.29) is 24.0 Å². The summed E-state index contributed by atoms with van der Waals surface area (Å²) in [6, 6.07) is 6.26. The van der Waals surface area contributed by atoms with Crippen molar-refractivity contribution in [1.82, 2.24) is 0 Å². The van der Waals surface area contributed by atoms with Crippen molar-refractivity contribution >= 4 is 27.4 Å². The van der Waals surface area contributed by atoms with E-state index in [9.17, 15) is 18.0 Å². The van der Waals surface area contributed by atoms with E-state index in [1.54, 1.807) is 24.3 Å².